The minimum Gasteiger partial charge on any atom is -0.298 e. The number of ketones is 1. The molecule has 0 aromatic heterocycles. The lowest BCUT2D eigenvalue weighted by molar-refractivity contribution is -0.134. The third kappa shape index (κ3) is 2.49. The van der Waals surface area contributed by atoms with Crippen molar-refractivity contribution in [2.24, 2.45) is 22.7 Å². The van der Waals surface area contributed by atoms with Crippen LogP contribution in [0.3, 0.4) is 0 Å². The topological polar surface area (TPSA) is 54.5 Å². The number of imide groups is 1. The lowest BCUT2D eigenvalue weighted by atomic mass is 9.60. The van der Waals surface area contributed by atoms with E-state index in [4.69, 9.17) is 0 Å². The summed E-state index contributed by atoms with van der Waals surface area (Å²) in [5.41, 5.74) is 2.26. The fourth-order valence-corrected chi connectivity index (χ4v) is 7.29. The second kappa shape index (κ2) is 7.61. The van der Waals surface area contributed by atoms with E-state index in [0.717, 1.165) is 22.3 Å². The molecule has 2 aliphatic carbocycles. The van der Waals surface area contributed by atoms with E-state index < -0.39 is 22.7 Å². The molecule has 1 aliphatic heterocycles. The van der Waals surface area contributed by atoms with Crippen LogP contribution in [0.1, 0.15) is 37.8 Å². The molecule has 3 aromatic carbocycles. The molecule has 4 heteroatoms. The van der Waals surface area contributed by atoms with Crippen LogP contribution in [0.2, 0.25) is 0 Å². The van der Waals surface area contributed by atoms with Crippen LogP contribution in [0, 0.1) is 22.7 Å². The summed E-state index contributed by atoms with van der Waals surface area (Å²) in [6.07, 6.45) is 0.938. The number of Topliss-reactive ketones (excluding diaryl/α,β-unsaturated/α-hetero) is 1. The Bertz CT molecular complexity index is 1290. The summed E-state index contributed by atoms with van der Waals surface area (Å²) in [6.45, 7) is 3.97. The van der Waals surface area contributed by atoms with Crippen molar-refractivity contribution in [3.8, 4) is 0 Å². The predicted molar refractivity (Wildman–Crippen MR) is 136 cm³/mol. The van der Waals surface area contributed by atoms with E-state index in [1.165, 1.54) is 4.90 Å². The standard InChI is InChI=1S/C31H27NO3/c1-3-30-23(20-14-8-5-9-15-20)24(21-16-10-6-11-17-21)31(4-2,29(30)35)26-25(30)27(33)32(28(26)34)22-18-12-7-13-19-22/h5-19,25-26H,3-4H2,1-2H3/t25-,26+,30-,31-/m1/s1. The van der Waals surface area contributed by atoms with Crippen LogP contribution >= 0.6 is 0 Å². The highest BCUT2D eigenvalue weighted by Gasteiger charge is 2.80. The lowest BCUT2D eigenvalue weighted by Crippen LogP contribution is -2.41. The van der Waals surface area contributed by atoms with Gasteiger partial charge in [0.05, 0.1) is 28.4 Å². The number of allylic oxidation sites excluding steroid dienone is 2. The number of amides is 2. The minimum atomic E-state index is -1.04. The maximum absolute atomic E-state index is 14.6. The molecule has 0 radical (unpaired) electrons. The van der Waals surface area contributed by atoms with Crippen LogP contribution in [-0.2, 0) is 14.4 Å². The molecule has 174 valence electrons. The molecule has 4 nitrogen and oxygen atoms in total. The highest BCUT2D eigenvalue weighted by Crippen LogP contribution is 2.75. The number of para-hydroxylation sites is 1. The number of nitrogens with zero attached hydrogens (tertiary/aromatic N) is 1. The zero-order chi connectivity index (χ0) is 24.4. The van der Waals surface area contributed by atoms with E-state index in [1.54, 1.807) is 12.1 Å². The molecular weight excluding hydrogens is 434 g/mol. The Morgan fingerprint density at radius 3 is 1.34 bits per heavy atom. The summed E-state index contributed by atoms with van der Waals surface area (Å²) in [5, 5.41) is 0. The Morgan fingerprint density at radius 1 is 0.600 bits per heavy atom. The van der Waals surface area contributed by atoms with E-state index in [9.17, 15) is 14.4 Å². The molecule has 0 N–H and O–H groups in total. The van der Waals surface area contributed by atoms with Crippen molar-refractivity contribution >= 4 is 34.4 Å². The fourth-order valence-electron chi connectivity index (χ4n) is 7.29. The molecule has 35 heavy (non-hydrogen) atoms. The number of anilines is 1. The summed E-state index contributed by atoms with van der Waals surface area (Å²) >= 11 is 0. The van der Waals surface area contributed by atoms with E-state index in [1.807, 2.05) is 92.7 Å². The van der Waals surface area contributed by atoms with Crippen LogP contribution in [0.15, 0.2) is 91.0 Å². The Balaban J connectivity index is 1.69. The van der Waals surface area contributed by atoms with Gasteiger partial charge < -0.3 is 0 Å². The number of rotatable bonds is 5. The molecule has 2 bridgehead atoms. The van der Waals surface area contributed by atoms with Crippen molar-refractivity contribution in [2.45, 2.75) is 26.7 Å². The van der Waals surface area contributed by atoms with Gasteiger partial charge in [-0.2, -0.15) is 0 Å². The summed E-state index contributed by atoms with van der Waals surface area (Å²) in [4.78, 5) is 44.2. The largest absolute Gasteiger partial charge is 0.298 e. The third-order valence-electron chi connectivity index (χ3n) is 8.58. The number of fused-ring (bicyclic) bond motifs is 5. The number of hydrogen-bond donors (Lipinski definition) is 0. The predicted octanol–water partition coefficient (Wildman–Crippen LogP) is 5.79. The molecule has 2 amide bonds. The molecule has 3 aliphatic rings. The van der Waals surface area contributed by atoms with Crippen molar-refractivity contribution in [1.82, 2.24) is 0 Å². The van der Waals surface area contributed by atoms with Gasteiger partial charge >= 0.3 is 0 Å². The zero-order valence-electron chi connectivity index (χ0n) is 19.9. The van der Waals surface area contributed by atoms with Gasteiger partial charge in [0, 0.05) is 0 Å². The van der Waals surface area contributed by atoms with Gasteiger partial charge in [0.25, 0.3) is 0 Å². The van der Waals surface area contributed by atoms with Crippen molar-refractivity contribution in [3.05, 3.63) is 102 Å². The molecule has 0 unspecified atom stereocenters. The van der Waals surface area contributed by atoms with Gasteiger partial charge in [-0.05, 0) is 47.2 Å². The molecule has 2 fully saturated rings. The molecule has 0 spiro atoms. The van der Waals surface area contributed by atoms with Crippen LogP contribution in [0.5, 0.6) is 0 Å². The Kier molecular flexibility index (Phi) is 4.72. The highest BCUT2D eigenvalue weighted by molar-refractivity contribution is 6.34. The average Bonchev–Trinajstić information content (AvgIpc) is 3.41. The van der Waals surface area contributed by atoms with Gasteiger partial charge in [-0.1, -0.05) is 92.7 Å². The summed E-state index contributed by atoms with van der Waals surface area (Å²) in [6, 6.07) is 29.0. The molecular formula is C31H27NO3. The Labute approximate surface area is 205 Å². The van der Waals surface area contributed by atoms with Crippen molar-refractivity contribution in [1.29, 1.82) is 0 Å². The summed E-state index contributed by atoms with van der Waals surface area (Å²) < 4.78 is 0. The fraction of sp³-hybridized carbons (Fsp3) is 0.258. The van der Waals surface area contributed by atoms with Crippen LogP contribution in [0.4, 0.5) is 5.69 Å². The SMILES string of the molecule is CC[C@@]12C(=O)[C@](CC)(C(c3ccccc3)=C1c1ccccc1)[C@H]1C(=O)N(c3ccccc3)C(=O)[C@H]12. The minimum absolute atomic E-state index is 0.0390. The quantitative estimate of drug-likeness (QED) is 0.452. The second-order valence-electron chi connectivity index (χ2n) is 9.76. The first-order valence-electron chi connectivity index (χ1n) is 12.4. The molecule has 6 rings (SSSR count). The first-order valence-corrected chi connectivity index (χ1v) is 12.4. The van der Waals surface area contributed by atoms with Crippen molar-refractivity contribution in [3.63, 3.8) is 0 Å². The normalized spacial score (nSPS) is 29.3. The van der Waals surface area contributed by atoms with E-state index in [0.29, 0.717) is 18.5 Å². The maximum Gasteiger partial charge on any atom is 0.239 e. The molecule has 1 saturated carbocycles. The lowest BCUT2D eigenvalue weighted by Gasteiger charge is -2.38. The third-order valence-corrected chi connectivity index (χ3v) is 8.58. The first-order chi connectivity index (χ1) is 17.0. The summed E-state index contributed by atoms with van der Waals surface area (Å²) in [7, 11) is 0. The van der Waals surface area contributed by atoms with E-state index in [2.05, 4.69) is 0 Å². The first kappa shape index (κ1) is 21.7. The Morgan fingerprint density at radius 2 is 0.971 bits per heavy atom. The van der Waals surface area contributed by atoms with E-state index in [-0.39, 0.29) is 17.6 Å². The van der Waals surface area contributed by atoms with Crippen LogP contribution < -0.4 is 4.90 Å². The molecule has 1 heterocycles. The molecule has 1 saturated heterocycles. The van der Waals surface area contributed by atoms with Gasteiger partial charge in [-0.3, -0.25) is 14.4 Å². The highest BCUT2D eigenvalue weighted by atomic mass is 16.2. The van der Waals surface area contributed by atoms with Crippen LogP contribution in [-0.4, -0.2) is 17.6 Å². The number of benzene rings is 3. The number of carbonyl (C=O) groups is 3. The monoisotopic (exact) mass is 461 g/mol. The number of hydrogen-bond acceptors (Lipinski definition) is 3. The van der Waals surface area contributed by atoms with Gasteiger partial charge in [0.15, 0.2) is 5.78 Å². The zero-order valence-corrected chi connectivity index (χ0v) is 19.9. The van der Waals surface area contributed by atoms with E-state index >= 15 is 0 Å². The maximum atomic E-state index is 14.6. The Hall–Kier alpha value is -3.79. The smallest absolute Gasteiger partial charge is 0.239 e. The summed E-state index contributed by atoms with van der Waals surface area (Å²) in [5.74, 6) is -1.86. The van der Waals surface area contributed by atoms with Gasteiger partial charge in [-0.25, -0.2) is 4.90 Å². The number of carbonyl (C=O) groups excluding carboxylic acids is 3. The molecule has 3 aromatic rings. The molecule has 4 atom stereocenters. The van der Waals surface area contributed by atoms with Gasteiger partial charge in [-0.15, -0.1) is 0 Å². The average molecular weight is 462 g/mol. The van der Waals surface area contributed by atoms with Crippen molar-refractivity contribution < 1.29 is 14.4 Å². The van der Waals surface area contributed by atoms with Crippen LogP contribution in [0.25, 0.3) is 11.1 Å². The van der Waals surface area contributed by atoms with Gasteiger partial charge in [0.1, 0.15) is 0 Å². The van der Waals surface area contributed by atoms with Crippen molar-refractivity contribution in [2.75, 3.05) is 4.90 Å². The second-order valence-corrected chi connectivity index (χ2v) is 9.76. The van der Waals surface area contributed by atoms with Gasteiger partial charge in [0.2, 0.25) is 11.8 Å².